The average Bonchev–Trinajstić information content (AvgIpc) is 2.86. The molecule has 4 nitrogen and oxygen atoms in total. The zero-order valence-corrected chi connectivity index (χ0v) is 23.8. The lowest BCUT2D eigenvalue weighted by Gasteiger charge is -2.60. The normalized spacial score (nSPS) is 25.3. The molecule has 4 atom stereocenters. The van der Waals surface area contributed by atoms with Crippen LogP contribution in [0.4, 0.5) is 0 Å². The van der Waals surface area contributed by atoms with Crippen LogP contribution in [0.2, 0.25) is 0 Å². The maximum absolute atomic E-state index is 12.8. The maximum Gasteiger partial charge on any atom is 0.306 e. The summed E-state index contributed by atoms with van der Waals surface area (Å²) in [5.74, 6) is -0.0330. The van der Waals surface area contributed by atoms with E-state index in [1.54, 1.807) is 0 Å². The number of piperidine rings is 1. The molecule has 0 aliphatic carbocycles. The molecule has 1 fully saturated rings. The van der Waals surface area contributed by atoms with Gasteiger partial charge in [-0.25, -0.2) is 0 Å². The Labute approximate surface area is 216 Å². The lowest BCUT2D eigenvalue weighted by molar-refractivity contribution is -0.327. The number of hydrogen-bond donors (Lipinski definition) is 0. The molecule has 2 rings (SSSR count). The Kier molecular flexibility index (Phi) is 12.3. The molecule has 1 aromatic carbocycles. The second-order valence-electron chi connectivity index (χ2n) is 11.3. The number of ether oxygens (including phenoxy) is 1. The first kappa shape index (κ1) is 29.8. The van der Waals surface area contributed by atoms with E-state index in [4.69, 9.17) is 9.57 Å². The Morgan fingerprint density at radius 2 is 1.57 bits per heavy atom. The third-order valence-electron chi connectivity index (χ3n) is 8.71. The first-order valence-electron chi connectivity index (χ1n) is 14.4. The van der Waals surface area contributed by atoms with E-state index < -0.39 is 0 Å². The van der Waals surface area contributed by atoms with Crippen LogP contribution in [0.5, 0.6) is 0 Å². The number of nitrogens with zero attached hydrogens (tertiary/aromatic N) is 1. The summed E-state index contributed by atoms with van der Waals surface area (Å²) in [6.07, 6.45) is 12.9. The zero-order valence-electron chi connectivity index (χ0n) is 23.8. The summed E-state index contributed by atoms with van der Waals surface area (Å²) in [5.41, 5.74) is 0.689. The third-order valence-corrected chi connectivity index (χ3v) is 8.71. The van der Waals surface area contributed by atoms with E-state index in [1.807, 2.05) is 6.07 Å². The van der Waals surface area contributed by atoms with Crippen molar-refractivity contribution in [2.24, 2.45) is 5.41 Å². The number of rotatable bonds is 15. The molecule has 200 valence electrons. The molecule has 1 heterocycles. The molecule has 0 amide bonds. The average molecular weight is 488 g/mol. The highest BCUT2D eigenvalue weighted by Gasteiger charge is 2.57. The smallest absolute Gasteiger partial charge is 0.306 e. The van der Waals surface area contributed by atoms with Crippen LogP contribution in [-0.4, -0.2) is 28.7 Å². The number of benzene rings is 1. The highest BCUT2D eigenvalue weighted by atomic mass is 16.7. The lowest BCUT2D eigenvalue weighted by atomic mass is 9.63. The molecule has 0 N–H and O–H groups in total. The van der Waals surface area contributed by atoms with E-state index in [0.717, 1.165) is 32.1 Å². The number of hydroxylamine groups is 2. The predicted molar refractivity (Wildman–Crippen MR) is 146 cm³/mol. The topological polar surface area (TPSA) is 38.8 Å². The van der Waals surface area contributed by atoms with Gasteiger partial charge in [0, 0.05) is 24.3 Å². The van der Waals surface area contributed by atoms with Crippen LogP contribution in [0.25, 0.3) is 0 Å². The van der Waals surface area contributed by atoms with Crippen molar-refractivity contribution in [2.75, 3.05) is 0 Å². The number of carbonyl (C=O) groups is 1. The fourth-order valence-electron chi connectivity index (χ4n) is 5.59. The highest BCUT2D eigenvalue weighted by molar-refractivity contribution is 5.69. The van der Waals surface area contributed by atoms with Crippen LogP contribution < -0.4 is 0 Å². The van der Waals surface area contributed by atoms with Gasteiger partial charge < -0.3 is 4.74 Å². The van der Waals surface area contributed by atoms with E-state index >= 15 is 0 Å². The minimum absolute atomic E-state index is 0.0330. The van der Waals surface area contributed by atoms with Crippen LogP contribution in [0.15, 0.2) is 30.3 Å². The molecule has 0 bridgehead atoms. The van der Waals surface area contributed by atoms with Crippen molar-refractivity contribution in [3.63, 3.8) is 0 Å². The molecule has 0 spiro atoms. The minimum Gasteiger partial charge on any atom is -0.462 e. The molecule has 0 radical (unpaired) electrons. The zero-order chi connectivity index (χ0) is 25.9. The van der Waals surface area contributed by atoms with E-state index in [1.165, 1.54) is 44.1 Å². The Hall–Kier alpha value is -1.39. The number of hydrogen-bond acceptors (Lipinski definition) is 4. The molecule has 35 heavy (non-hydrogen) atoms. The molecule has 4 heteroatoms. The van der Waals surface area contributed by atoms with Crippen molar-refractivity contribution < 1.29 is 14.4 Å². The van der Waals surface area contributed by atoms with Gasteiger partial charge in [-0.1, -0.05) is 110 Å². The Morgan fingerprint density at radius 3 is 2.14 bits per heavy atom. The van der Waals surface area contributed by atoms with Crippen LogP contribution in [0.1, 0.15) is 137 Å². The van der Waals surface area contributed by atoms with E-state index in [9.17, 15) is 4.79 Å². The maximum atomic E-state index is 12.8. The standard InChI is InChI=1S/C31H53NO3/c1-8-11-12-13-14-15-16-20-23-29(33)34-28-24-27(9-2)32(31(7,10-3)30(28,5)6)35-25(4)26-21-18-17-19-22-26/h17-19,21-22,25,27-28H,8-16,20,23-24H2,1-7H3. The summed E-state index contributed by atoms with van der Waals surface area (Å²) >= 11 is 0. The fraction of sp³-hybridized carbons (Fsp3) is 0.774. The van der Waals surface area contributed by atoms with Crippen LogP contribution in [0.3, 0.4) is 0 Å². The summed E-state index contributed by atoms with van der Waals surface area (Å²) in [6, 6.07) is 10.6. The summed E-state index contributed by atoms with van der Waals surface area (Å²) in [6.45, 7) is 15.6. The van der Waals surface area contributed by atoms with Crippen LogP contribution >= 0.6 is 0 Å². The van der Waals surface area contributed by atoms with Gasteiger partial charge in [-0.05, 0) is 38.7 Å². The highest BCUT2D eigenvalue weighted by Crippen LogP contribution is 2.50. The molecule has 1 aliphatic rings. The summed E-state index contributed by atoms with van der Waals surface area (Å²) in [4.78, 5) is 19.5. The van der Waals surface area contributed by atoms with Gasteiger partial charge in [-0.15, -0.1) is 0 Å². The number of unbranched alkanes of at least 4 members (excludes halogenated alkanes) is 7. The molecular formula is C31H53NO3. The van der Waals surface area contributed by atoms with Crippen LogP contribution in [-0.2, 0) is 14.4 Å². The molecule has 0 aromatic heterocycles. The predicted octanol–water partition coefficient (Wildman–Crippen LogP) is 8.80. The van der Waals surface area contributed by atoms with E-state index in [-0.39, 0.29) is 35.2 Å². The van der Waals surface area contributed by atoms with Crippen molar-refractivity contribution >= 4 is 5.97 Å². The van der Waals surface area contributed by atoms with Crippen molar-refractivity contribution in [3.8, 4) is 0 Å². The molecule has 4 unspecified atom stereocenters. The molecule has 0 saturated carbocycles. The molecule has 1 aromatic rings. The number of carbonyl (C=O) groups excluding carboxylic acids is 1. The van der Waals surface area contributed by atoms with Gasteiger partial charge in [0.15, 0.2) is 0 Å². The quantitative estimate of drug-likeness (QED) is 0.183. The Balaban J connectivity index is 1.99. The Bertz CT molecular complexity index is 734. The van der Waals surface area contributed by atoms with E-state index in [0.29, 0.717) is 6.42 Å². The molecule has 1 aliphatic heterocycles. The summed E-state index contributed by atoms with van der Waals surface area (Å²) in [5, 5.41) is 2.26. The van der Waals surface area contributed by atoms with Crippen molar-refractivity contribution in [3.05, 3.63) is 35.9 Å². The Morgan fingerprint density at radius 1 is 0.971 bits per heavy atom. The first-order chi connectivity index (χ1) is 16.7. The van der Waals surface area contributed by atoms with Gasteiger partial charge in [0.05, 0.1) is 5.54 Å². The summed E-state index contributed by atoms with van der Waals surface area (Å²) < 4.78 is 6.21. The summed E-state index contributed by atoms with van der Waals surface area (Å²) in [7, 11) is 0. The van der Waals surface area contributed by atoms with Gasteiger partial charge in [0.1, 0.15) is 12.2 Å². The van der Waals surface area contributed by atoms with Gasteiger partial charge in [0.25, 0.3) is 0 Å². The van der Waals surface area contributed by atoms with Crippen molar-refractivity contribution in [1.82, 2.24) is 5.06 Å². The fourth-order valence-corrected chi connectivity index (χ4v) is 5.59. The second kappa shape index (κ2) is 14.4. The van der Waals surface area contributed by atoms with Gasteiger partial charge in [-0.3, -0.25) is 9.63 Å². The van der Waals surface area contributed by atoms with Gasteiger partial charge in [0.2, 0.25) is 0 Å². The monoisotopic (exact) mass is 487 g/mol. The number of esters is 1. The van der Waals surface area contributed by atoms with Crippen LogP contribution in [0, 0.1) is 5.41 Å². The largest absolute Gasteiger partial charge is 0.462 e. The van der Waals surface area contributed by atoms with Gasteiger partial charge in [-0.2, -0.15) is 5.06 Å². The minimum atomic E-state index is -0.252. The first-order valence-corrected chi connectivity index (χ1v) is 14.4. The second-order valence-corrected chi connectivity index (χ2v) is 11.3. The molecular weight excluding hydrogens is 434 g/mol. The van der Waals surface area contributed by atoms with E-state index in [2.05, 4.69) is 77.8 Å². The third kappa shape index (κ3) is 7.79. The van der Waals surface area contributed by atoms with Crippen molar-refractivity contribution in [1.29, 1.82) is 0 Å². The molecule has 1 saturated heterocycles. The van der Waals surface area contributed by atoms with Crippen molar-refractivity contribution in [2.45, 2.75) is 149 Å². The van der Waals surface area contributed by atoms with Gasteiger partial charge >= 0.3 is 5.97 Å². The lowest BCUT2D eigenvalue weighted by Crippen LogP contribution is -2.68. The SMILES string of the molecule is CCCCCCCCCCC(=O)OC1CC(CC)N(OC(C)c2ccccc2)C(C)(CC)C1(C)C.